The van der Waals surface area contributed by atoms with Crippen LogP contribution in [0.2, 0.25) is 0 Å². The maximum absolute atomic E-state index is 13.3. The zero-order valence-corrected chi connectivity index (χ0v) is 14.1. The van der Waals surface area contributed by atoms with Crippen LogP contribution in [0.5, 0.6) is 0 Å². The Morgan fingerprint density at radius 3 is 2.30 bits per heavy atom. The zero-order valence-electron chi connectivity index (χ0n) is 13.3. The third-order valence-corrected chi connectivity index (χ3v) is 7.28. The van der Waals surface area contributed by atoms with Gasteiger partial charge in [-0.05, 0) is 43.0 Å². The lowest BCUT2D eigenvalue weighted by atomic mass is 9.89. The van der Waals surface area contributed by atoms with Crippen molar-refractivity contribution in [2.24, 2.45) is 0 Å². The topological polar surface area (TPSA) is 37.4 Å². The van der Waals surface area contributed by atoms with Crippen molar-refractivity contribution in [3.05, 3.63) is 65.2 Å². The number of hydrogen-bond donors (Lipinski definition) is 0. The van der Waals surface area contributed by atoms with Crippen molar-refractivity contribution < 1.29 is 8.42 Å². The van der Waals surface area contributed by atoms with Gasteiger partial charge in [-0.25, -0.2) is 8.42 Å². The Hall–Kier alpha value is -1.65. The van der Waals surface area contributed by atoms with Crippen LogP contribution in [0.1, 0.15) is 42.4 Å². The van der Waals surface area contributed by atoms with Gasteiger partial charge in [0.1, 0.15) is 0 Å². The van der Waals surface area contributed by atoms with E-state index in [0.29, 0.717) is 11.4 Å². The lowest BCUT2D eigenvalue weighted by molar-refractivity contribution is 0.213. The van der Waals surface area contributed by atoms with Gasteiger partial charge in [-0.2, -0.15) is 4.31 Å². The van der Waals surface area contributed by atoms with E-state index >= 15 is 0 Å². The fourth-order valence-electron chi connectivity index (χ4n) is 4.18. The monoisotopic (exact) mass is 327 g/mol. The van der Waals surface area contributed by atoms with Crippen molar-refractivity contribution in [1.82, 2.24) is 4.31 Å². The average Bonchev–Trinajstić information content (AvgIpc) is 3.15. The molecule has 120 valence electrons. The molecule has 0 unspecified atom stereocenters. The van der Waals surface area contributed by atoms with E-state index in [1.165, 1.54) is 5.56 Å². The highest BCUT2D eigenvalue weighted by Crippen LogP contribution is 2.52. The molecule has 0 bridgehead atoms. The Kier molecular flexibility index (Phi) is 3.36. The molecule has 0 saturated heterocycles. The van der Waals surface area contributed by atoms with Crippen LogP contribution >= 0.6 is 0 Å². The number of aryl methyl sites for hydroxylation is 1. The average molecular weight is 327 g/mol. The molecule has 0 atom stereocenters. The zero-order chi connectivity index (χ0) is 16.1. The van der Waals surface area contributed by atoms with Crippen molar-refractivity contribution in [2.75, 3.05) is 0 Å². The third kappa shape index (κ3) is 2.16. The molecule has 23 heavy (non-hydrogen) atoms. The van der Waals surface area contributed by atoms with E-state index in [2.05, 4.69) is 12.1 Å². The second kappa shape index (κ2) is 5.18. The first-order chi connectivity index (χ1) is 11.0. The molecule has 0 radical (unpaired) electrons. The van der Waals surface area contributed by atoms with E-state index in [4.69, 9.17) is 0 Å². The summed E-state index contributed by atoms with van der Waals surface area (Å²) in [6, 6.07) is 15.4. The third-order valence-electron chi connectivity index (χ3n) is 5.35. The molecule has 3 nitrogen and oxygen atoms in total. The standard InChI is InChI=1S/C19H21NO2S/c1-15-8-10-17(11-9-15)23(21,22)20-14-16-6-2-3-7-18(16)19(20)12-4-5-13-19/h2-3,6-11H,4-5,12-14H2,1H3. The van der Waals surface area contributed by atoms with Crippen LogP contribution in [-0.2, 0) is 22.1 Å². The van der Waals surface area contributed by atoms with Crippen molar-refractivity contribution in [3.8, 4) is 0 Å². The van der Waals surface area contributed by atoms with Gasteiger partial charge in [0, 0.05) is 6.54 Å². The van der Waals surface area contributed by atoms with Crippen molar-refractivity contribution in [2.45, 2.75) is 49.6 Å². The first-order valence-corrected chi connectivity index (χ1v) is 9.66. The molecule has 4 rings (SSSR count). The van der Waals surface area contributed by atoms with Gasteiger partial charge in [-0.3, -0.25) is 0 Å². The quantitative estimate of drug-likeness (QED) is 0.837. The van der Waals surface area contributed by atoms with Crippen LogP contribution in [0.25, 0.3) is 0 Å². The Bertz CT molecular complexity index is 834. The molecule has 1 heterocycles. The molecule has 1 aliphatic carbocycles. The van der Waals surface area contributed by atoms with Crippen LogP contribution in [0.4, 0.5) is 0 Å². The Morgan fingerprint density at radius 2 is 1.61 bits per heavy atom. The summed E-state index contributed by atoms with van der Waals surface area (Å²) in [6.07, 6.45) is 4.03. The minimum atomic E-state index is -3.48. The summed E-state index contributed by atoms with van der Waals surface area (Å²) in [5, 5.41) is 0. The molecular formula is C19H21NO2S. The summed E-state index contributed by atoms with van der Waals surface area (Å²) in [5.74, 6) is 0. The number of benzene rings is 2. The van der Waals surface area contributed by atoms with Crippen LogP contribution in [0.15, 0.2) is 53.4 Å². The fraction of sp³-hybridized carbons (Fsp3) is 0.368. The molecule has 0 amide bonds. The largest absolute Gasteiger partial charge is 0.244 e. The lowest BCUT2D eigenvalue weighted by Crippen LogP contribution is -2.42. The molecule has 2 aromatic rings. The Morgan fingerprint density at radius 1 is 0.957 bits per heavy atom. The molecule has 4 heteroatoms. The van der Waals surface area contributed by atoms with Gasteiger partial charge in [-0.15, -0.1) is 0 Å². The highest BCUT2D eigenvalue weighted by molar-refractivity contribution is 7.89. The van der Waals surface area contributed by atoms with E-state index in [1.54, 1.807) is 16.4 Å². The number of nitrogens with zero attached hydrogens (tertiary/aromatic N) is 1. The van der Waals surface area contributed by atoms with E-state index in [-0.39, 0.29) is 5.54 Å². The summed E-state index contributed by atoms with van der Waals surface area (Å²) in [7, 11) is -3.48. The van der Waals surface area contributed by atoms with Crippen LogP contribution in [0, 0.1) is 6.92 Å². The molecule has 1 fully saturated rings. The van der Waals surface area contributed by atoms with E-state index < -0.39 is 10.0 Å². The van der Waals surface area contributed by atoms with Crippen molar-refractivity contribution in [1.29, 1.82) is 0 Å². The van der Waals surface area contributed by atoms with Gasteiger partial charge >= 0.3 is 0 Å². The van der Waals surface area contributed by atoms with Gasteiger partial charge in [0.05, 0.1) is 10.4 Å². The maximum Gasteiger partial charge on any atom is 0.244 e. The molecule has 1 saturated carbocycles. The summed E-state index contributed by atoms with van der Waals surface area (Å²) in [5.41, 5.74) is 3.11. The molecular weight excluding hydrogens is 306 g/mol. The maximum atomic E-state index is 13.3. The normalized spacial score (nSPS) is 20.0. The van der Waals surface area contributed by atoms with Crippen molar-refractivity contribution in [3.63, 3.8) is 0 Å². The van der Waals surface area contributed by atoms with Crippen LogP contribution in [-0.4, -0.2) is 12.7 Å². The predicted octanol–water partition coefficient (Wildman–Crippen LogP) is 3.97. The first kappa shape index (κ1) is 14.9. The first-order valence-electron chi connectivity index (χ1n) is 8.22. The SMILES string of the molecule is Cc1ccc(S(=O)(=O)N2Cc3ccccc3C23CCCC3)cc1. The highest BCUT2D eigenvalue weighted by atomic mass is 32.2. The van der Waals surface area contributed by atoms with E-state index in [9.17, 15) is 8.42 Å². The predicted molar refractivity (Wildman–Crippen MR) is 90.5 cm³/mol. The number of hydrogen-bond acceptors (Lipinski definition) is 2. The Labute approximate surface area is 138 Å². The van der Waals surface area contributed by atoms with Crippen LogP contribution in [0.3, 0.4) is 0 Å². The Balaban J connectivity index is 1.84. The van der Waals surface area contributed by atoms with Gasteiger partial charge < -0.3 is 0 Å². The molecule has 2 aliphatic rings. The summed E-state index contributed by atoms with van der Waals surface area (Å²) < 4.78 is 28.4. The second-order valence-electron chi connectivity index (χ2n) is 6.72. The number of rotatable bonds is 2. The molecule has 0 aromatic heterocycles. The van der Waals surface area contributed by atoms with Crippen LogP contribution < -0.4 is 0 Å². The smallest absolute Gasteiger partial charge is 0.207 e. The molecule has 0 N–H and O–H groups in total. The fourth-order valence-corrected chi connectivity index (χ4v) is 5.97. The van der Waals surface area contributed by atoms with Crippen molar-refractivity contribution >= 4 is 10.0 Å². The number of fused-ring (bicyclic) bond motifs is 2. The van der Waals surface area contributed by atoms with Gasteiger partial charge in [0.25, 0.3) is 0 Å². The number of sulfonamides is 1. The van der Waals surface area contributed by atoms with Gasteiger partial charge in [0.2, 0.25) is 10.0 Å². The second-order valence-corrected chi connectivity index (χ2v) is 8.58. The van der Waals surface area contributed by atoms with Gasteiger partial charge in [0.15, 0.2) is 0 Å². The summed E-state index contributed by atoms with van der Waals surface area (Å²) in [4.78, 5) is 0.405. The summed E-state index contributed by atoms with van der Waals surface area (Å²) >= 11 is 0. The van der Waals surface area contributed by atoms with Gasteiger partial charge in [-0.1, -0.05) is 54.8 Å². The summed E-state index contributed by atoms with van der Waals surface area (Å²) in [6.45, 7) is 2.47. The minimum absolute atomic E-state index is 0.333. The van der Waals surface area contributed by atoms with E-state index in [0.717, 1.165) is 36.8 Å². The molecule has 2 aromatic carbocycles. The molecule has 1 spiro atoms. The lowest BCUT2D eigenvalue weighted by Gasteiger charge is -2.35. The highest BCUT2D eigenvalue weighted by Gasteiger charge is 2.51. The van der Waals surface area contributed by atoms with E-state index in [1.807, 2.05) is 31.2 Å². The minimum Gasteiger partial charge on any atom is -0.207 e. The molecule has 1 aliphatic heterocycles.